The molecule has 6 heteroatoms. The normalized spacial score (nSPS) is 12.3. The van der Waals surface area contributed by atoms with Gasteiger partial charge in [-0.1, -0.05) is 0 Å². The summed E-state index contributed by atoms with van der Waals surface area (Å²) in [4.78, 5) is 22.5. The van der Waals surface area contributed by atoms with Crippen LogP contribution in [0.25, 0.3) is 0 Å². The minimum atomic E-state index is -0.554. The van der Waals surface area contributed by atoms with Crippen molar-refractivity contribution in [1.82, 2.24) is 5.32 Å². The maximum Gasteiger partial charge on any atom is 0.322 e. The second-order valence-corrected chi connectivity index (χ2v) is 5.46. The Bertz CT molecular complexity index is 260. The molecule has 18 heavy (non-hydrogen) atoms. The third kappa shape index (κ3) is 9.30. The second kappa shape index (κ2) is 10.2. The van der Waals surface area contributed by atoms with E-state index in [1.807, 2.05) is 13.8 Å². The smallest absolute Gasteiger partial charge is 0.322 e. The standard InChI is InChI=1S/C12H24N2O3S/c1-4-17-12(16)10(13)5-7-18-8-6-11(15)14-9(2)3/h9-10H,4-8,13H2,1-3H3,(H,14,15). The Kier molecular flexibility index (Phi) is 9.77. The highest BCUT2D eigenvalue weighted by Gasteiger charge is 2.13. The van der Waals surface area contributed by atoms with E-state index in [4.69, 9.17) is 10.5 Å². The number of thioether (sulfide) groups is 1. The van der Waals surface area contributed by atoms with Gasteiger partial charge in [-0.15, -0.1) is 0 Å². The molecule has 0 aromatic heterocycles. The van der Waals surface area contributed by atoms with Gasteiger partial charge in [0.2, 0.25) is 5.91 Å². The minimum Gasteiger partial charge on any atom is -0.465 e. The highest BCUT2D eigenvalue weighted by molar-refractivity contribution is 7.99. The van der Waals surface area contributed by atoms with E-state index in [0.29, 0.717) is 19.4 Å². The van der Waals surface area contributed by atoms with E-state index in [2.05, 4.69) is 5.32 Å². The van der Waals surface area contributed by atoms with Gasteiger partial charge in [0, 0.05) is 18.2 Å². The van der Waals surface area contributed by atoms with Crippen LogP contribution in [0.2, 0.25) is 0 Å². The fourth-order valence-electron chi connectivity index (χ4n) is 1.24. The van der Waals surface area contributed by atoms with Crippen molar-refractivity contribution in [3.05, 3.63) is 0 Å². The largest absolute Gasteiger partial charge is 0.465 e. The molecule has 0 aliphatic rings. The molecule has 0 saturated heterocycles. The summed E-state index contributed by atoms with van der Waals surface area (Å²) in [6.45, 7) is 5.98. The Hall–Kier alpha value is -0.750. The molecule has 3 N–H and O–H groups in total. The van der Waals surface area contributed by atoms with Crippen molar-refractivity contribution < 1.29 is 14.3 Å². The molecule has 5 nitrogen and oxygen atoms in total. The molecule has 0 heterocycles. The average molecular weight is 276 g/mol. The van der Waals surface area contributed by atoms with Crippen molar-refractivity contribution in [2.24, 2.45) is 5.73 Å². The molecule has 1 amide bonds. The zero-order chi connectivity index (χ0) is 14.0. The van der Waals surface area contributed by atoms with E-state index < -0.39 is 6.04 Å². The van der Waals surface area contributed by atoms with E-state index in [0.717, 1.165) is 11.5 Å². The number of ether oxygens (including phenoxy) is 1. The molecule has 106 valence electrons. The van der Waals surface area contributed by atoms with Gasteiger partial charge in [0.25, 0.3) is 0 Å². The third-order valence-corrected chi connectivity index (χ3v) is 3.10. The highest BCUT2D eigenvalue weighted by Crippen LogP contribution is 2.06. The lowest BCUT2D eigenvalue weighted by molar-refractivity contribution is -0.144. The number of carbonyl (C=O) groups is 2. The molecule has 0 radical (unpaired) electrons. The fourth-order valence-corrected chi connectivity index (χ4v) is 2.19. The fraction of sp³-hybridized carbons (Fsp3) is 0.833. The van der Waals surface area contributed by atoms with Gasteiger partial charge in [-0.3, -0.25) is 9.59 Å². The number of carbonyl (C=O) groups excluding carboxylic acids is 2. The van der Waals surface area contributed by atoms with Gasteiger partial charge in [-0.25, -0.2) is 0 Å². The summed E-state index contributed by atoms with van der Waals surface area (Å²) in [6.07, 6.45) is 1.08. The number of rotatable bonds is 9. The number of esters is 1. The molecular weight excluding hydrogens is 252 g/mol. The maximum atomic E-state index is 11.3. The summed E-state index contributed by atoms with van der Waals surface area (Å²) < 4.78 is 4.81. The first-order valence-corrected chi connectivity index (χ1v) is 7.42. The summed E-state index contributed by atoms with van der Waals surface area (Å²) in [5.74, 6) is 1.21. The summed E-state index contributed by atoms with van der Waals surface area (Å²) in [6, 6.07) is -0.373. The molecule has 0 fully saturated rings. The lowest BCUT2D eigenvalue weighted by Crippen LogP contribution is -2.33. The molecule has 0 spiro atoms. The molecule has 0 aromatic carbocycles. The third-order valence-electron chi connectivity index (χ3n) is 2.09. The number of hydrogen-bond acceptors (Lipinski definition) is 5. The van der Waals surface area contributed by atoms with Crippen LogP contribution in [0.4, 0.5) is 0 Å². The first-order valence-electron chi connectivity index (χ1n) is 6.26. The molecule has 1 unspecified atom stereocenters. The van der Waals surface area contributed by atoms with Crippen LogP contribution in [0.15, 0.2) is 0 Å². The topological polar surface area (TPSA) is 81.4 Å². The van der Waals surface area contributed by atoms with Crippen LogP contribution < -0.4 is 11.1 Å². The zero-order valence-electron chi connectivity index (χ0n) is 11.4. The summed E-state index contributed by atoms with van der Waals surface area (Å²) in [5, 5.41) is 2.83. The van der Waals surface area contributed by atoms with Gasteiger partial charge >= 0.3 is 5.97 Å². The minimum absolute atomic E-state index is 0.0622. The van der Waals surface area contributed by atoms with E-state index in [9.17, 15) is 9.59 Å². The van der Waals surface area contributed by atoms with Crippen molar-refractivity contribution in [3.8, 4) is 0 Å². The zero-order valence-corrected chi connectivity index (χ0v) is 12.2. The van der Waals surface area contributed by atoms with E-state index in [-0.39, 0.29) is 17.9 Å². The van der Waals surface area contributed by atoms with Gasteiger partial charge in [0.1, 0.15) is 6.04 Å². The number of nitrogens with two attached hydrogens (primary N) is 1. The molecular formula is C12H24N2O3S. The Balaban J connectivity index is 3.50. The first kappa shape index (κ1) is 17.2. The van der Waals surface area contributed by atoms with Crippen LogP contribution in [0.1, 0.15) is 33.6 Å². The summed E-state index contributed by atoms with van der Waals surface area (Å²) in [5.41, 5.74) is 5.64. The van der Waals surface area contributed by atoms with E-state index >= 15 is 0 Å². The molecule has 0 bridgehead atoms. The van der Waals surface area contributed by atoms with E-state index in [1.54, 1.807) is 18.7 Å². The molecule has 0 saturated carbocycles. The average Bonchev–Trinajstić information content (AvgIpc) is 2.27. The van der Waals surface area contributed by atoms with Gasteiger partial charge < -0.3 is 15.8 Å². The maximum absolute atomic E-state index is 11.3. The van der Waals surface area contributed by atoms with Gasteiger partial charge in [-0.2, -0.15) is 11.8 Å². The van der Waals surface area contributed by atoms with Crippen LogP contribution >= 0.6 is 11.8 Å². The molecule has 0 aliphatic heterocycles. The second-order valence-electron chi connectivity index (χ2n) is 4.23. The predicted molar refractivity (Wildman–Crippen MR) is 74.4 cm³/mol. The van der Waals surface area contributed by atoms with Crippen LogP contribution in [0.3, 0.4) is 0 Å². The Labute approximate surface area is 113 Å². The van der Waals surface area contributed by atoms with Crippen molar-refractivity contribution in [2.45, 2.75) is 45.7 Å². The van der Waals surface area contributed by atoms with Crippen molar-refractivity contribution in [3.63, 3.8) is 0 Å². The summed E-state index contributed by atoms with van der Waals surface area (Å²) >= 11 is 1.62. The quantitative estimate of drug-likeness (QED) is 0.483. The van der Waals surface area contributed by atoms with E-state index in [1.165, 1.54) is 0 Å². The molecule has 0 rings (SSSR count). The van der Waals surface area contributed by atoms with Crippen molar-refractivity contribution in [2.75, 3.05) is 18.1 Å². The highest BCUT2D eigenvalue weighted by atomic mass is 32.2. The SMILES string of the molecule is CCOC(=O)C(N)CCSCCC(=O)NC(C)C. The predicted octanol–water partition coefficient (Wildman–Crippen LogP) is 0.915. The Morgan fingerprint density at radius 2 is 2.00 bits per heavy atom. The van der Waals surface area contributed by atoms with Crippen LogP contribution in [-0.2, 0) is 14.3 Å². The number of nitrogens with one attached hydrogen (secondary N) is 1. The lowest BCUT2D eigenvalue weighted by atomic mass is 10.2. The van der Waals surface area contributed by atoms with Gasteiger partial charge in [0.05, 0.1) is 6.61 Å². The number of amides is 1. The van der Waals surface area contributed by atoms with Crippen molar-refractivity contribution >= 4 is 23.6 Å². The molecule has 0 aliphatic carbocycles. The Morgan fingerprint density at radius 3 is 2.56 bits per heavy atom. The molecule has 1 atom stereocenters. The monoisotopic (exact) mass is 276 g/mol. The van der Waals surface area contributed by atoms with Crippen LogP contribution in [0, 0.1) is 0 Å². The summed E-state index contributed by atoms with van der Waals surface area (Å²) in [7, 11) is 0. The Morgan fingerprint density at radius 1 is 1.33 bits per heavy atom. The van der Waals surface area contributed by atoms with Crippen molar-refractivity contribution in [1.29, 1.82) is 0 Å². The van der Waals surface area contributed by atoms with Gasteiger partial charge in [0.15, 0.2) is 0 Å². The first-order chi connectivity index (χ1) is 8.47. The number of hydrogen-bond donors (Lipinski definition) is 2. The van der Waals surface area contributed by atoms with Crippen LogP contribution in [-0.4, -0.2) is 42.1 Å². The lowest BCUT2D eigenvalue weighted by Gasteiger charge is -2.10. The van der Waals surface area contributed by atoms with Gasteiger partial charge in [-0.05, 0) is 32.9 Å². The molecule has 0 aromatic rings. The van der Waals surface area contributed by atoms with Crippen LogP contribution in [0.5, 0.6) is 0 Å².